The normalized spacial score (nSPS) is 33.4. The highest BCUT2D eigenvalue weighted by Gasteiger charge is 2.43. The molecule has 1 saturated heterocycles. The summed E-state index contributed by atoms with van der Waals surface area (Å²) < 4.78 is 5.41. The van der Waals surface area contributed by atoms with E-state index in [1.165, 1.54) is 0 Å². The number of carbonyl (C=O) groups is 1. The highest BCUT2D eigenvalue weighted by Crippen LogP contribution is 2.37. The average molecular weight is 241 g/mol. The van der Waals surface area contributed by atoms with E-state index in [0.29, 0.717) is 0 Å². The SMILES string of the molecule is CC(C)(C)OC(=O)N1CC[C@@H]2[C@H]1CCC[C@@H]2O. The largest absolute Gasteiger partial charge is 0.444 e. The van der Waals surface area contributed by atoms with Crippen LogP contribution in [0, 0.1) is 5.92 Å². The van der Waals surface area contributed by atoms with Gasteiger partial charge in [0.15, 0.2) is 0 Å². The first-order valence-electron chi connectivity index (χ1n) is 6.56. The molecule has 3 atom stereocenters. The molecule has 1 aliphatic carbocycles. The fourth-order valence-electron chi connectivity index (χ4n) is 2.99. The average Bonchev–Trinajstić information content (AvgIpc) is 2.60. The van der Waals surface area contributed by atoms with E-state index in [2.05, 4.69) is 0 Å². The predicted molar refractivity (Wildman–Crippen MR) is 64.7 cm³/mol. The van der Waals surface area contributed by atoms with Crippen molar-refractivity contribution in [1.29, 1.82) is 0 Å². The molecule has 0 aromatic carbocycles. The van der Waals surface area contributed by atoms with E-state index in [1.807, 2.05) is 25.7 Å². The first-order valence-corrected chi connectivity index (χ1v) is 6.56. The number of hydrogen-bond acceptors (Lipinski definition) is 3. The summed E-state index contributed by atoms with van der Waals surface area (Å²) in [5.41, 5.74) is -0.442. The van der Waals surface area contributed by atoms with Gasteiger partial charge in [-0.2, -0.15) is 0 Å². The molecule has 0 unspecified atom stereocenters. The molecule has 1 saturated carbocycles. The van der Waals surface area contributed by atoms with Gasteiger partial charge in [0, 0.05) is 18.5 Å². The van der Waals surface area contributed by atoms with E-state index in [-0.39, 0.29) is 24.2 Å². The summed E-state index contributed by atoms with van der Waals surface area (Å²) in [6, 6.07) is 0.189. The maximum atomic E-state index is 12.0. The molecule has 1 heterocycles. The zero-order valence-corrected chi connectivity index (χ0v) is 11.0. The van der Waals surface area contributed by atoms with Gasteiger partial charge in [-0.1, -0.05) is 0 Å². The number of carbonyl (C=O) groups excluding carboxylic acids is 1. The lowest BCUT2D eigenvalue weighted by Crippen LogP contribution is -2.45. The number of aliphatic hydroxyl groups excluding tert-OH is 1. The highest BCUT2D eigenvalue weighted by molar-refractivity contribution is 5.69. The van der Waals surface area contributed by atoms with Crippen LogP contribution in [0.15, 0.2) is 0 Å². The maximum Gasteiger partial charge on any atom is 0.410 e. The number of likely N-dealkylation sites (tertiary alicyclic amines) is 1. The van der Waals surface area contributed by atoms with Crippen molar-refractivity contribution in [2.45, 2.75) is 64.2 Å². The summed E-state index contributed by atoms with van der Waals surface area (Å²) in [4.78, 5) is 13.9. The molecule has 2 aliphatic rings. The van der Waals surface area contributed by atoms with Gasteiger partial charge in [-0.15, -0.1) is 0 Å². The summed E-state index contributed by atoms with van der Waals surface area (Å²) in [7, 11) is 0. The van der Waals surface area contributed by atoms with Crippen molar-refractivity contribution in [1.82, 2.24) is 4.90 Å². The molecule has 0 aromatic rings. The molecule has 4 nitrogen and oxygen atoms in total. The van der Waals surface area contributed by atoms with Gasteiger partial charge in [0.25, 0.3) is 0 Å². The number of fused-ring (bicyclic) bond motifs is 1. The number of amides is 1. The molecule has 4 heteroatoms. The summed E-state index contributed by atoms with van der Waals surface area (Å²) >= 11 is 0. The molecule has 0 spiro atoms. The van der Waals surface area contributed by atoms with E-state index in [9.17, 15) is 9.90 Å². The minimum atomic E-state index is -0.442. The van der Waals surface area contributed by atoms with Gasteiger partial charge < -0.3 is 14.7 Å². The molecule has 1 N–H and O–H groups in total. The van der Waals surface area contributed by atoms with E-state index in [1.54, 1.807) is 0 Å². The van der Waals surface area contributed by atoms with Crippen LogP contribution in [-0.4, -0.2) is 40.4 Å². The topological polar surface area (TPSA) is 49.8 Å². The van der Waals surface area contributed by atoms with Crippen LogP contribution in [-0.2, 0) is 4.74 Å². The van der Waals surface area contributed by atoms with Gasteiger partial charge in [-0.05, 0) is 46.5 Å². The highest BCUT2D eigenvalue weighted by atomic mass is 16.6. The molecular weight excluding hydrogens is 218 g/mol. The summed E-state index contributed by atoms with van der Waals surface area (Å²) in [5.74, 6) is 0.260. The number of hydrogen-bond donors (Lipinski definition) is 1. The second-order valence-corrected chi connectivity index (χ2v) is 6.19. The molecular formula is C13H23NO3. The fourth-order valence-corrected chi connectivity index (χ4v) is 2.99. The smallest absolute Gasteiger partial charge is 0.410 e. The van der Waals surface area contributed by atoms with Crippen LogP contribution in [0.1, 0.15) is 46.5 Å². The van der Waals surface area contributed by atoms with Crippen molar-refractivity contribution >= 4 is 6.09 Å². The third-order valence-corrected chi connectivity index (χ3v) is 3.72. The lowest BCUT2D eigenvalue weighted by molar-refractivity contribution is 0.00481. The Morgan fingerprint density at radius 3 is 2.65 bits per heavy atom. The Morgan fingerprint density at radius 1 is 1.29 bits per heavy atom. The molecule has 2 rings (SSSR count). The van der Waals surface area contributed by atoms with Crippen molar-refractivity contribution in [3.63, 3.8) is 0 Å². The van der Waals surface area contributed by atoms with Crippen LogP contribution < -0.4 is 0 Å². The molecule has 98 valence electrons. The first kappa shape index (κ1) is 12.7. The van der Waals surface area contributed by atoms with Crippen LogP contribution in [0.2, 0.25) is 0 Å². The van der Waals surface area contributed by atoms with Crippen LogP contribution in [0.25, 0.3) is 0 Å². The molecule has 0 bridgehead atoms. The summed E-state index contributed by atoms with van der Waals surface area (Å²) in [5, 5.41) is 9.93. The van der Waals surface area contributed by atoms with E-state index in [4.69, 9.17) is 4.74 Å². The Labute approximate surface area is 103 Å². The number of nitrogens with zero attached hydrogens (tertiary/aromatic N) is 1. The molecule has 0 radical (unpaired) electrons. The first-order chi connectivity index (χ1) is 7.88. The number of aliphatic hydroxyl groups is 1. The van der Waals surface area contributed by atoms with E-state index < -0.39 is 5.60 Å². The van der Waals surface area contributed by atoms with Gasteiger partial charge in [-0.3, -0.25) is 0 Å². The van der Waals surface area contributed by atoms with Crippen LogP contribution in [0.4, 0.5) is 4.79 Å². The van der Waals surface area contributed by atoms with E-state index in [0.717, 1.165) is 32.2 Å². The Hall–Kier alpha value is -0.770. The molecule has 1 aliphatic heterocycles. The number of rotatable bonds is 0. The Balaban J connectivity index is 2.01. The Morgan fingerprint density at radius 2 is 2.00 bits per heavy atom. The lowest BCUT2D eigenvalue weighted by Gasteiger charge is -2.35. The van der Waals surface area contributed by atoms with Crippen molar-refractivity contribution in [2.75, 3.05) is 6.54 Å². The van der Waals surface area contributed by atoms with Gasteiger partial charge in [0.1, 0.15) is 5.60 Å². The van der Waals surface area contributed by atoms with Crippen molar-refractivity contribution < 1.29 is 14.6 Å². The maximum absolute atomic E-state index is 12.0. The minimum Gasteiger partial charge on any atom is -0.444 e. The summed E-state index contributed by atoms with van der Waals surface area (Å²) in [6.07, 6.45) is 3.33. The second-order valence-electron chi connectivity index (χ2n) is 6.19. The monoisotopic (exact) mass is 241 g/mol. The standard InChI is InChI=1S/C13H23NO3/c1-13(2,3)17-12(16)14-8-7-9-10(14)5-4-6-11(9)15/h9-11,15H,4-8H2,1-3H3/t9-,10-,11+/m1/s1. The third kappa shape index (κ3) is 2.73. The van der Waals surface area contributed by atoms with Crippen LogP contribution in [0.5, 0.6) is 0 Å². The van der Waals surface area contributed by atoms with Gasteiger partial charge in [0.05, 0.1) is 6.10 Å². The lowest BCUT2D eigenvalue weighted by atomic mass is 9.83. The zero-order valence-electron chi connectivity index (χ0n) is 11.0. The molecule has 1 amide bonds. The predicted octanol–water partition coefficient (Wildman–Crippen LogP) is 2.16. The molecule has 2 fully saturated rings. The fraction of sp³-hybridized carbons (Fsp3) is 0.923. The third-order valence-electron chi connectivity index (χ3n) is 3.72. The molecule has 0 aromatic heterocycles. The summed E-state index contributed by atoms with van der Waals surface area (Å²) in [6.45, 7) is 6.37. The quantitative estimate of drug-likeness (QED) is 0.707. The van der Waals surface area contributed by atoms with Crippen molar-refractivity contribution in [3.05, 3.63) is 0 Å². The Kier molecular flexibility index (Phi) is 3.34. The van der Waals surface area contributed by atoms with Crippen molar-refractivity contribution in [3.8, 4) is 0 Å². The minimum absolute atomic E-state index is 0.189. The zero-order chi connectivity index (χ0) is 12.6. The van der Waals surface area contributed by atoms with Crippen LogP contribution in [0.3, 0.4) is 0 Å². The second kappa shape index (κ2) is 4.48. The molecule has 17 heavy (non-hydrogen) atoms. The van der Waals surface area contributed by atoms with Gasteiger partial charge in [0.2, 0.25) is 0 Å². The van der Waals surface area contributed by atoms with Gasteiger partial charge in [-0.25, -0.2) is 4.79 Å². The van der Waals surface area contributed by atoms with Crippen LogP contribution >= 0.6 is 0 Å². The number of ether oxygens (including phenoxy) is 1. The van der Waals surface area contributed by atoms with E-state index >= 15 is 0 Å². The van der Waals surface area contributed by atoms with Gasteiger partial charge >= 0.3 is 6.09 Å². The van der Waals surface area contributed by atoms with Crippen molar-refractivity contribution in [2.24, 2.45) is 5.92 Å². The Bertz CT molecular complexity index is 298.